The van der Waals surface area contributed by atoms with E-state index in [1.165, 1.54) is 6.42 Å². The van der Waals surface area contributed by atoms with Crippen LogP contribution < -0.4 is 10.6 Å². The first kappa shape index (κ1) is 13.0. The Kier molecular flexibility index (Phi) is 5.25. The van der Waals surface area contributed by atoms with Crippen LogP contribution in [0.1, 0.15) is 45.5 Å². The summed E-state index contributed by atoms with van der Waals surface area (Å²) in [7, 11) is 1.87. The van der Waals surface area contributed by atoms with Gasteiger partial charge in [0.2, 0.25) is 5.89 Å². The molecule has 0 bridgehead atoms. The van der Waals surface area contributed by atoms with Crippen LogP contribution in [0.3, 0.4) is 0 Å². The van der Waals surface area contributed by atoms with E-state index in [1.54, 1.807) is 0 Å². The Balaban J connectivity index is 2.29. The van der Waals surface area contributed by atoms with Gasteiger partial charge >= 0.3 is 6.01 Å². The van der Waals surface area contributed by atoms with E-state index < -0.39 is 0 Å². The van der Waals surface area contributed by atoms with Gasteiger partial charge in [-0.2, -0.15) is 0 Å². The summed E-state index contributed by atoms with van der Waals surface area (Å²) in [6.45, 7) is 7.31. The summed E-state index contributed by atoms with van der Waals surface area (Å²) < 4.78 is 5.45. The zero-order valence-corrected chi connectivity index (χ0v) is 10.6. The summed E-state index contributed by atoms with van der Waals surface area (Å²) in [4.78, 5) is 0. The van der Waals surface area contributed by atoms with E-state index in [0.717, 1.165) is 18.9 Å². The van der Waals surface area contributed by atoms with Gasteiger partial charge in [-0.05, 0) is 32.7 Å². The van der Waals surface area contributed by atoms with Crippen molar-refractivity contribution in [1.82, 2.24) is 15.5 Å². The average Bonchev–Trinajstić information content (AvgIpc) is 2.71. The van der Waals surface area contributed by atoms with Crippen molar-refractivity contribution >= 4 is 6.01 Å². The zero-order chi connectivity index (χ0) is 12.0. The lowest BCUT2D eigenvalue weighted by atomic mass is 10.1. The molecule has 0 aromatic carbocycles. The van der Waals surface area contributed by atoms with Crippen LogP contribution in [-0.2, 0) is 0 Å². The second-order valence-electron chi connectivity index (χ2n) is 4.42. The molecular formula is C11H22N4O. The smallest absolute Gasteiger partial charge is 0.315 e. The minimum atomic E-state index is 0.0960. The van der Waals surface area contributed by atoms with Gasteiger partial charge in [-0.25, -0.2) is 0 Å². The molecule has 0 aliphatic rings. The lowest BCUT2D eigenvalue weighted by molar-refractivity contribution is 0.440. The SMILES string of the molecule is CNC(C)c1nnc(NCCCC(C)C)o1. The van der Waals surface area contributed by atoms with Crippen molar-refractivity contribution in [2.75, 3.05) is 18.9 Å². The van der Waals surface area contributed by atoms with E-state index in [2.05, 4.69) is 34.7 Å². The van der Waals surface area contributed by atoms with Gasteiger partial charge in [0.15, 0.2) is 0 Å². The topological polar surface area (TPSA) is 63.0 Å². The highest BCUT2D eigenvalue weighted by Gasteiger charge is 2.11. The molecule has 1 unspecified atom stereocenters. The summed E-state index contributed by atoms with van der Waals surface area (Å²) in [6, 6.07) is 0.611. The fourth-order valence-electron chi connectivity index (χ4n) is 1.31. The Morgan fingerprint density at radius 2 is 2.00 bits per heavy atom. The van der Waals surface area contributed by atoms with E-state index in [4.69, 9.17) is 4.42 Å². The van der Waals surface area contributed by atoms with Crippen molar-refractivity contribution < 1.29 is 4.42 Å². The number of hydrogen-bond donors (Lipinski definition) is 2. The van der Waals surface area contributed by atoms with Crippen molar-refractivity contribution in [3.63, 3.8) is 0 Å². The van der Waals surface area contributed by atoms with Crippen LogP contribution in [-0.4, -0.2) is 23.8 Å². The molecule has 0 aliphatic carbocycles. The highest BCUT2D eigenvalue weighted by atomic mass is 16.4. The standard InChI is InChI=1S/C11H22N4O/c1-8(2)6-5-7-13-11-15-14-10(16-11)9(3)12-4/h8-9,12H,5-7H2,1-4H3,(H,13,15). The third-order valence-corrected chi connectivity index (χ3v) is 2.48. The Hall–Kier alpha value is -1.10. The Morgan fingerprint density at radius 1 is 1.25 bits per heavy atom. The molecule has 0 spiro atoms. The predicted molar refractivity (Wildman–Crippen MR) is 64.3 cm³/mol. The first-order valence-corrected chi connectivity index (χ1v) is 5.88. The molecule has 0 fully saturated rings. The van der Waals surface area contributed by atoms with Crippen molar-refractivity contribution in [2.24, 2.45) is 5.92 Å². The molecule has 0 saturated heterocycles. The Bertz CT molecular complexity index is 298. The molecule has 16 heavy (non-hydrogen) atoms. The number of anilines is 1. The normalized spacial score (nSPS) is 13.1. The van der Waals surface area contributed by atoms with Crippen molar-refractivity contribution in [1.29, 1.82) is 0 Å². The van der Waals surface area contributed by atoms with Crippen LogP contribution in [0.15, 0.2) is 4.42 Å². The van der Waals surface area contributed by atoms with Gasteiger partial charge in [-0.1, -0.05) is 18.9 Å². The quantitative estimate of drug-likeness (QED) is 0.698. The number of hydrogen-bond acceptors (Lipinski definition) is 5. The molecule has 1 rings (SSSR count). The maximum atomic E-state index is 5.45. The average molecular weight is 226 g/mol. The summed E-state index contributed by atoms with van der Waals surface area (Å²) in [5, 5.41) is 14.1. The van der Waals surface area contributed by atoms with Gasteiger partial charge in [0.25, 0.3) is 0 Å². The van der Waals surface area contributed by atoms with E-state index in [9.17, 15) is 0 Å². The van der Waals surface area contributed by atoms with Crippen LogP contribution in [0.2, 0.25) is 0 Å². The van der Waals surface area contributed by atoms with E-state index in [0.29, 0.717) is 11.9 Å². The summed E-state index contributed by atoms with van der Waals surface area (Å²) >= 11 is 0. The molecule has 1 heterocycles. The van der Waals surface area contributed by atoms with Crippen molar-refractivity contribution in [2.45, 2.75) is 39.7 Å². The third kappa shape index (κ3) is 4.18. The van der Waals surface area contributed by atoms with E-state index in [1.807, 2.05) is 14.0 Å². The number of nitrogens with one attached hydrogen (secondary N) is 2. The molecule has 1 aromatic heterocycles. The van der Waals surface area contributed by atoms with Gasteiger partial charge in [0.05, 0.1) is 6.04 Å². The van der Waals surface area contributed by atoms with Gasteiger partial charge < -0.3 is 15.1 Å². The second-order valence-corrected chi connectivity index (χ2v) is 4.42. The first-order valence-electron chi connectivity index (χ1n) is 5.88. The van der Waals surface area contributed by atoms with Crippen LogP contribution in [0.25, 0.3) is 0 Å². The van der Waals surface area contributed by atoms with E-state index >= 15 is 0 Å². The molecule has 5 nitrogen and oxygen atoms in total. The van der Waals surface area contributed by atoms with Crippen LogP contribution in [0, 0.1) is 5.92 Å². The molecule has 0 saturated carbocycles. The summed E-state index contributed by atoms with van der Waals surface area (Å²) in [5.41, 5.74) is 0. The largest absolute Gasteiger partial charge is 0.406 e. The predicted octanol–water partition coefficient (Wildman–Crippen LogP) is 2.20. The second kappa shape index (κ2) is 6.48. The fraction of sp³-hybridized carbons (Fsp3) is 0.818. The number of nitrogens with zero attached hydrogens (tertiary/aromatic N) is 2. The minimum Gasteiger partial charge on any atom is -0.406 e. The summed E-state index contributed by atoms with van der Waals surface area (Å²) in [6.07, 6.45) is 2.33. The number of aromatic nitrogens is 2. The van der Waals surface area contributed by atoms with E-state index in [-0.39, 0.29) is 6.04 Å². The van der Waals surface area contributed by atoms with Crippen LogP contribution >= 0.6 is 0 Å². The molecule has 1 atom stereocenters. The zero-order valence-electron chi connectivity index (χ0n) is 10.6. The summed E-state index contributed by atoms with van der Waals surface area (Å²) in [5.74, 6) is 1.36. The molecule has 0 amide bonds. The molecule has 92 valence electrons. The first-order chi connectivity index (χ1) is 7.63. The van der Waals surface area contributed by atoms with Gasteiger partial charge in [0.1, 0.15) is 0 Å². The molecule has 5 heteroatoms. The third-order valence-electron chi connectivity index (χ3n) is 2.48. The van der Waals surface area contributed by atoms with Crippen LogP contribution in [0.5, 0.6) is 0 Å². The highest BCUT2D eigenvalue weighted by molar-refractivity contribution is 5.16. The maximum absolute atomic E-state index is 5.45. The maximum Gasteiger partial charge on any atom is 0.315 e. The van der Waals surface area contributed by atoms with Gasteiger partial charge in [-0.3, -0.25) is 0 Å². The molecule has 0 radical (unpaired) electrons. The van der Waals surface area contributed by atoms with Gasteiger partial charge in [0, 0.05) is 6.54 Å². The van der Waals surface area contributed by atoms with Crippen molar-refractivity contribution in [3.05, 3.63) is 5.89 Å². The lowest BCUT2D eigenvalue weighted by Crippen LogP contribution is -2.12. The van der Waals surface area contributed by atoms with Crippen molar-refractivity contribution in [3.8, 4) is 0 Å². The lowest BCUT2D eigenvalue weighted by Gasteiger charge is -2.04. The Labute approximate surface area is 97.0 Å². The molecule has 1 aromatic rings. The highest BCUT2D eigenvalue weighted by Crippen LogP contribution is 2.13. The fourth-order valence-corrected chi connectivity index (χ4v) is 1.31. The monoisotopic (exact) mass is 226 g/mol. The molecule has 0 aliphatic heterocycles. The number of rotatable bonds is 7. The minimum absolute atomic E-state index is 0.0960. The Morgan fingerprint density at radius 3 is 2.62 bits per heavy atom. The molecular weight excluding hydrogens is 204 g/mol. The molecule has 2 N–H and O–H groups in total. The van der Waals surface area contributed by atoms with Crippen LogP contribution in [0.4, 0.5) is 6.01 Å². The van der Waals surface area contributed by atoms with Gasteiger partial charge in [-0.15, -0.1) is 5.10 Å².